The van der Waals surface area contributed by atoms with Crippen molar-refractivity contribution < 1.29 is 22.4 Å². The van der Waals surface area contributed by atoms with Gasteiger partial charge in [0, 0.05) is 24.9 Å². The molecule has 6 rings (SSSR count). The lowest BCUT2D eigenvalue weighted by Gasteiger charge is -2.32. The number of carbonyl (C=O) groups is 1. The van der Waals surface area contributed by atoms with Crippen molar-refractivity contribution in [3.05, 3.63) is 71.9 Å². The third kappa shape index (κ3) is 3.14. The quantitative estimate of drug-likeness (QED) is 0.402. The molecule has 1 aliphatic heterocycles. The van der Waals surface area contributed by atoms with Crippen LogP contribution in [0.15, 0.2) is 47.4 Å². The number of fused-ring (bicyclic) bond motifs is 2. The first-order chi connectivity index (χ1) is 16.5. The molecule has 14 heteroatoms. The third-order valence-electron chi connectivity index (χ3n) is 5.58. The topological polar surface area (TPSA) is 123 Å². The van der Waals surface area contributed by atoms with Gasteiger partial charge >= 0.3 is 18.3 Å². The number of imidazole rings is 1. The number of carbonyl (C=O) groups excluding carboxylic acids is 1. The highest BCUT2D eigenvalue weighted by Gasteiger charge is 2.38. The van der Waals surface area contributed by atoms with Crippen LogP contribution in [0.2, 0.25) is 0 Å². The van der Waals surface area contributed by atoms with E-state index < -0.39 is 24.4 Å². The first-order valence-corrected chi connectivity index (χ1v) is 10.1. The van der Waals surface area contributed by atoms with Crippen LogP contribution in [-0.2, 0) is 6.42 Å². The van der Waals surface area contributed by atoms with Crippen molar-refractivity contribution in [3.8, 4) is 11.5 Å². The largest absolute Gasteiger partial charge is 0.412 e. The smallest absolute Gasteiger partial charge is 0.333 e. The maximum atomic E-state index is 14.2. The van der Waals surface area contributed by atoms with Crippen molar-refractivity contribution in [2.75, 3.05) is 6.54 Å². The van der Waals surface area contributed by atoms with Crippen molar-refractivity contribution >= 4 is 11.4 Å². The summed E-state index contributed by atoms with van der Waals surface area (Å²) >= 11 is 0. The molecule has 11 nitrogen and oxygen atoms in total. The molecule has 0 aromatic carbocycles. The molecule has 172 valence electrons. The first kappa shape index (κ1) is 20.1. The Kier molecular flexibility index (Phi) is 4.46. The number of hydrogen-bond donors (Lipinski definition) is 1. The van der Waals surface area contributed by atoms with Crippen molar-refractivity contribution in [1.29, 1.82) is 0 Å². The summed E-state index contributed by atoms with van der Waals surface area (Å²) < 4.78 is 46.9. The summed E-state index contributed by atoms with van der Waals surface area (Å²) in [6, 6.07) is 5.48. The van der Waals surface area contributed by atoms with Crippen LogP contribution < -0.4 is 0 Å². The zero-order valence-electron chi connectivity index (χ0n) is 17.1. The lowest BCUT2D eigenvalue weighted by Crippen LogP contribution is -2.41. The summed E-state index contributed by atoms with van der Waals surface area (Å²) in [6.45, 7) is -2.55. The van der Waals surface area contributed by atoms with Gasteiger partial charge in [0.05, 0.1) is 35.0 Å². The molecule has 0 saturated heterocycles. The molecule has 0 aliphatic carbocycles. The van der Waals surface area contributed by atoms with Gasteiger partial charge in [-0.3, -0.25) is 4.79 Å². The summed E-state index contributed by atoms with van der Waals surface area (Å²) in [5.74, 6) is -1.61. The second kappa shape index (κ2) is 7.54. The summed E-state index contributed by atoms with van der Waals surface area (Å²) in [7, 11) is 0. The van der Waals surface area contributed by atoms with Crippen molar-refractivity contribution in [2.24, 2.45) is 0 Å². The number of pyridine rings is 1. The van der Waals surface area contributed by atoms with Gasteiger partial charge < -0.3 is 14.3 Å². The standard InChI is InChI=1S/C20H14F3N9O2/c21-14-3-1-2-11-6-13(29-32(11)14)16-15-12(24-9-25-15)4-5-30(16)19(33)18-28-27-17(34-18)10-7-26-31(8-10)20(22)23/h1-3,6-9,16,20H,4-5H2,(H,24,25)/t16-/m0/s1. The molecule has 0 radical (unpaired) electrons. The van der Waals surface area contributed by atoms with Gasteiger partial charge in [-0.05, 0) is 18.2 Å². The summed E-state index contributed by atoms with van der Waals surface area (Å²) in [4.78, 5) is 22.3. The van der Waals surface area contributed by atoms with E-state index in [9.17, 15) is 18.0 Å². The molecular formula is C20H14F3N9O2. The average Bonchev–Trinajstić information content (AvgIpc) is 3.62. The fourth-order valence-electron chi connectivity index (χ4n) is 4.03. The molecule has 5 aromatic heterocycles. The molecule has 0 bridgehead atoms. The highest BCUT2D eigenvalue weighted by Crippen LogP contribution is 2.34. The van der Waals surface area contributed by atoms with Gasteiger partial charge in [-0.25, -0.2) is 14.2 Å². The van der Waals surface area contributed by atoms with E-state index >= 15 is 0 Å². The Morgan fingerprint density at radius 3 is 2.94 bits per heavy atom. The minimum atomic E-state index is -2.83. The Balaban J connectivity index is 1.37. The zero-order valence-corrected chi connectivity index (χ0v) is 17.1. The first-order valence-electron chi connectivity index (χ1n) is 10.1. The van der Waals surface area contributed by atoms with Gasteiger partial charge in [0.2, 0.25) is 5.95 Å². The molecule has 1 amide bonds. The second-order valence-electron chi connectivity index (χ2n) is 7.57. The predicted molar refractivity (Wildman–Crippen MR) is 107 cm³/mol. The van der Waals surface area contributed by atoms with Gasteiger partial charge in [0.15, 0.2) is 0 Å². The molecule has 0 saturated carbocycles. The number of nitrogens with one attached hydrogen (secondary N) is 1. The molecule has 1 atom stereocenters. The zero-order chi connectivity index (χ0) is 23.4. The minimum absolute atomic E-state index is 0.126. The van der Waals surface area contributed by atoms with Crippen LogP contribution in [0.1, 0.15) is 40.4 Å². The third-order valence-corrected chi connectivity index (χ3v) is 5.58. The van der Waals surface area contributed by atoms with E-state index in [1.165, 1.54) is 17.3 Å². The maximum Gasteiger partial charge on any atom is 0.333 e. The molecular weight excluding hydrogens is 455 g/mol. The SMILES string of the molecule is O=C(c1nnc(-c2cnn(C(F)F)c2)o1)N1CCc2[nH]cnc2[C@@H]1c1cc2cccc(F)n2n1. The Labute approximate surface area is 187 Å². The molecule has 34 heavy (non-hydrogen) atoms. The number of H-pyrrole nitrogens is 1. The normalized spacial score (nSPS) is 15.9. The average molecular weight is 469 g/mol. The number of aromatic nitrogens is 8. The minimum Gasteiger partial charge on any atom is -0.412 e. The van der Waals surface area contributed by atoms with Crippen molar-refractivity contribution in [2.45, 2.75) is 19.0 Å². The van der Waals surface area contributed by atoms with Crippen LogP contribution in [0, 0.1) is 5.95 Å². The summed E-state index contributed by atoms with van der Waals surface area (Å²) in [5.41, 5.74) is 2.47. The van der Waals surface area contributed by atoms with Gasteiger partial charge in [-0.1, -0.05) is 6.07 Å². The lowest BCUT2D eigenvalue weighted by molar-refractivity contribution is 0.0566. The lowest BCUT2D eigenvalue weighted by atomic mass is 9.99. The highest BCUT2D eigenvalue weighted by molar-refractivity contribution is 5.90. The van der Waals surface area contributed by atoms with E-state index in [0.717, 1.165) is 22.6 Å². The monoisotopic (exact) mass is 469 g/mol. The van der Waals surface area contributed by atoms with Crippen molar-refractivity contribution in [3.63, 3.8) is 0 Å². The Morgan fingerprint density at radius 1 is 1.26 bits per heavy atom. The van der Waals surface area contributed by atoms with Crippen LogP contribution >= 0.6 is 0 Å². The van der Waals surface area contributed by atoms with Gasteiger partial charge in [-0.2, -0.15) is 23.4 Å². The number of alkyl halides is 2. The number of hydrogen-bond acceptors (Lipinski definition) is 7. The van der Waals surface area contributed by atoms with Gasteiger partial charge in [0.1, 0.15) is 6.04 Å². The van der Waals surface area contributed by atoms with Crippen LogP contribution in [0.5, 0.6) is 0 Å². The molecule has 6 heterocycles. The molecule has 0 spiro atoms. The number of rotatable bonds is 4. The van der Waals surface area contributed by atoms with Crippen LogP contribution in [0.3, 0.4) is 0 Å². The van der Waals surface area contributed by atoms with E-state index in [2.05, 4.69) is 30.4 Å². The summed E-state index contributed by atoms with van der Waals surface area (Å²) in [6.07, 6.45) is 4.19. The fraction of sp³-hybridized carbons (Fsp3) is 0.200. The van der Waals surface area contributed by atoms with E-state index in [-0.39, 0.29) is 23.9 Å². The van der Waals surface area contributed by atoms with Gasteiger partial charge in [0.25, 0.3) is 5.89 Å². The van der Waals surface area contributed by atoms with Gasteiger partial charge in [-0.15, -0.1) is 10.2 Å². The van der Waals surface area contributed by atoms with Crippen molar-refractivity contribution in [1.82, 2.24) is 44.5 Å². The Morgan fingerprint density at radius 2 is 2.15 bits per heavy atom. The molecule has 1 N–H and O–H groups in total. The molecule has 0 unspecified atom stereocenters. The Hall–Kier alpha value is -4.49. The van der Waals surface area contributed by atoms with E-state index in [0.29, 0.717) is 28.0 Å². The van der Waals surface area contributed by atoms with E-state index in [4.69, 9.17) is 4.42 Å². The number of nitrogens with zero attached hydrogens (tertiary/aromatic N) is 8. The molecule has 1 aliphatic rings. The van der Waals surface area contributed by atoms with Crippen LogP contribution in [0.4, 0.5) is 13.2 Å². The second-order valence-corrected chi connectivity index (χ2v) is 7.57. The maximum absolute atomic E-state index is 14.2. The summed E-state index contributed by atoms with van der Waals surface area (Å²) in [5, 5.41) is 15.5. The number of amides is 1. The van der Waals surface area contributed by atoms with E-state index in [1.807, 2.05) is 0 Å². The van der Waals surface area contributed by atoms with E-state index in [1.54, 1.807) is 18.2 Å². The predicted octanol–water partition coefficient (Wildman–Crippen LogP) is 2.63. The molecule has 0 fully saturated rings. The van der Waals surface area contributed by atoms with Crippen LogP contribution in [0.25, 0.3) is 17.0 Å². The number of halogens is 3. The number of aromatic amines is 1. The van der Waals surface area contributed by atoms with Crippen LogP contribution in [-0.4, -0.2) is 56.9 Å². The Bertz CT molecular complexity index is 1520. The fourth-order valence-corrected chi connectivity index (χ4v) is 4.03. The molecule has 5 aromatic rings. The highest BCUT2D eigenvalue weighted by atomic mass is 19.3.